The van der Waals surface area contributed by atoms with Crippen LogP contribution in [0.1, 0.15) is 15.9 Å². The average molecular weight is 402 g/mol. The first-order valence-electron chi connectivity index (χ1n) is 8.21. The highest BCUT2D eigenvalue weighted by molar-refractivity contribution is 7.92. The summed E-state index contributed by atoms with van der Waals surface area (Å²) in [7, 11) is -3.80. The van der Waals surface area contributed by atoms with Gasteiger partial charge in [0.1, 0.15) is 0 Å². The molecular formula is C20H16F2N2O3S. The van der Waals surface area contributed by atoms with Crippen molar-refractivity contribution in [3.8, 4) is 0 Å². The normalized spacial score (nSPS) is 11.1. The molecule has 3 rings (SSSR count). The number of carbonyl (C=O) groups is 1. The van der Waals surface area contributed by atoms with Gasteiger partial charge in [-0.3, -0.25) is 9.52 Å². The van der Waals surface area contributed by atoms with E-state index < -0.39 is 27.6 Å². The number of sulfonamides is 1. The summed E-state index contributed by atoms with van der Waals surface area (Å²) < 4.78 is 53.8. The Morgan fingerprint density at radius 1 is 0.893 bits per heavy atom. The molecule has 28 heavy (non-hydrogen) atoms. The number of rotatable bonds is 5. The standard InChI is InChI=1S/C20H16F2N2O3S/c1-13-7-9-15(23-20(25)14-8-10-17(21)18(22)11-14)12-19(13)24-28(26,27)16-5-3-2-4-6-16/h2-12,24H,1H3,(H,23,25). The van der Waals surface area contributed by atoms with Gasteiger partial charge in [-0.1, -0.05) is 24.3 Å². The van der Waals surface area contributed by atoms with E-state index in [1.807, 2.05) is 0 Å². The van der Waals surface area contributed by atoms with E-state index in [4.69, 9.17) is 0 Å². The molecule has 0 saturated heterocycles. The summed E-state index contributed by atoms with van der Waals surface area (Å²) in [6, 6.07) is 15.3. The van der Waals surface area contributed by atoms with E-state index in [1.54, 1.807) is 37.3 Å². The van der Waals surface area contributed by atoms with Crippen molar-refractivity contribution in [2.24, 2.45) is 0 Å². The first-order valence-corrected chi connectivity index (χ1v) is 9.69. The Hall–Kier alpha value is -3.26. The highest BCUT2D eigenvalue weighted by Crippen LogP contribution is 2.24. The lowest BCUT2D eigenvalue weighted by atomic mass is 10.1. The molecule has 0 bridgehead atoms. The Balaban J connectivity index is 1.83. The van der Waals surface area contributed by atoms with Crippen molar-refractivity contribution in [2.45, 2.75) is 11.8 Å². The molecule has 5 nitrogen and oxygen atoms in total. The highest BCUT2D eigenvalue weighted by Gasteiger charge is 2.16. The van der Waals surface area contributed by atoms with Gasteiger partial charge in [-0.05, 0) is 55.0 Å². The van der Waals surface area contributed by atoms with Crippen molar-refractivity contribution in [3.05, 3.63) is 89.5 Å². The van der Waals surface area contributed by atoms with E-state index in [2.05, 4.69) is 10.0 Å². The van der Waals surface area contributed by atoms with Crippen LogP contribution in [0.3, 0.4) is 0 Å². The van der Waals surface area contributed by atoms with Crippen LogP contribution in [-0.4, -0.2) is 14.3 Å². The zero-order valence-corrected chi connectivity index (χ0v) is 15.6. The van der Waals surface area contributed by atoms with Gasteiger partial charge in [-0.2, -0.15) is 0 Å². The number of amides is 1. The lowest BCUT2D eigenvalue weighted by Crippen LogP contribution is -2.15. The summed E-state index contributed by atoms with van der Waals surface area (Å²) in [4.78, 5) is 12.3. The third-order valence-electron chi connectivity index (χ3n) is 3.98. The molecule has 0 atom stereocenters. The summed E-state index contributed by atoms with van der Waals surface area (Å²) in [5, 5.41) is 2.54. The van der Waals surface area contributed by atoms with Gasteiger partial charge in [-0.15, -0.1) is 0 Å². The number of hydrogen-bond donors (Lipinski definition) is 2. The predicted octanol–water partition coefficient (Wildman–Crippen LogP) is 4.33. The molecule has 144 valence electrons. The van der Waals surface area contributed by atoms with Crippen molar-refractivity contribution in [3.63, 3.8) is 0 Å². The Bertz CT molecular complexity index is 1130. The molecule has 3 aromatic carbocycles. The first-order chi connectivity index (χ1) is 13.3. The molecule has 0 radical (unpaired) electrons. The smallest absolute Gasteiger partial charge is 0.261 e. The zero-order chi connectivity index (χ0) is 20.3. The Morgan fingerprint density at radius 2 is 1.61 bits per heavy atom. The summed E-state index contributed by atoms with van der Waals surface area (Å²) in [6.07, 6.45) is 0. The van der Waals surface area contributed by atoms with Gasteiger partial charge in [0.15, 0.2) is 11.6 Å². The van der Waals surface area contributed by atoms with E-state index >= 15 is 0 Å². The van der Waals surface area contributed by atoms with Crippen LogP contribution in [0.5, 0.6) is 0 Å². The first kappa shape index (κ1) is 19.5. The quantitative estimate of drug-likeness (QED) is 0.667. The van der Waals surface area contributed by atoms with Gasteiger partial charge in [0.25, 0.3) is 15.9 Å². The van der Waals surface area contributed by atoms with Crippen molar-refractivity contribution >= 4 is 27.3 Å². The van der Waals surface area contributed by atoms with Gasteiger partial charge in [0.2, 0.25) is 0 Å². The van der Waals surface area contributed by atoms with Crippen molar-refractivity contribution in [1.82, 2.24) is 0 Å². The maximum Gasteiger partial charge on any atom is 0.261 e. The molecule has 0 aliphatic heterocycles. The summed E-state index contributed by atoms with van der Waals surface area (Å²) in [6.45, 7) is 1.71. The van der Waals surface area contributed by atoms with Gasteiger partial charge in [0, 0.05) is 11.3 Å². The molecule has 0 spiro atoms. The van der Waals surface area contributed by atoms with E-state index in [-0.39, 0.29) is 16.1 Å². The Morgan fingerprint density at radius 3 is 2.29 bits per heavy atom. The number of aryl methyl sites for hydroxylation is 1. The molecule has 0 aliphatic carbocycles. The van der Waals surface area contributed by atoms with Crippen LogP contribution in [0, 0.1) is 18.6 Å². The molecule has 0 unspecified atom stereocenters. The van der Waals surface area contributed by atoms with E-state index in [0.717, 1.165) is 18.2 Å². The Kier molecular flexibility index (Phi) is 5.41. The molecule has 8 heteroatoms. The molecular weight excluding hydrogens is 386 g/mol. The van der Waals surface area contributed by atoms with Crippen LogP contribution in [0.2, 0.25) is 0 Å². The van der Waals surface area contributed by atoms with E-state index in [1.165, 1.54) is 18.2 Å². The minimum Gasteiger partial charge on any atom is -0.322 e. The minimum absolute atomic E-state index is 0.0640. The molecule has 0 heterocycles. The van der Waals surface area contributed by atoms with Gasteiger partial charge < -0.3 is 5.32 Å². The molecule has 3 aromatic rings. The number of anilines is 2. The highest BCUT2D eigenvalue weighted by atomic mass is 32.2. The van der Waals surface area contributed by atoms with Crippen LogP contribution >= 0.6 is 0 Å². The maximum absolute atomic E-state index is 13.3. The topological polar surface area (TPSA) is 75.3 Å². The second kappa shape index (κ2) is 7.77. The minimum atomic E-state index is -3.80. The summed E-state index contributed by atoms with van der Waals surface area (Å²) in [5.74, 6) is -2.84. The lowest BCUT2D eigenvalue weighted by Gasteiger charge is -2.13. The van der Waals surface area contributed by atoms with Gasteiger partial charge in [0.05, 0.1) is 10.6 Å². The molecule has 0 fully saturated rings. The second-order valence-corrected chi connectivity index (χ2v) is 7.71. The molecule has 0 saturated carbocycles. The zero-order valence-electron chi connectivity index (χ0n) is 14.7. The second-order valence-electron chi connectivity index (χ2n) is 6.03. The third kappa shape index (κ3) is 4.34. The Labute approximate surface area is 161 Å². The van der Waals surface area contributed by atoms with Crippen LogP contribution in [0.15, 0.2) is 71.6 Å². The third-order valence-corrected chi connectivity index (χ3v) is 5.36. The van der Waals surface area contributed by atoms with Crippen LogP contribution in [0.25, 0.3) is 0 Å². The fourth-order valence-electron chi connectivity index (χ4n) is 2.45. The maximum atomic E-state index is 13.3. The largest absolute Gasteiger partial charge is 0.322 e. The van der Waals surface area contributed by atoms with Crippen molar-refractivity contribution in [1.29, 1.82) is 0 Å². The van der Waals surface area contributed by atoms with Crippen LogP contribution in [0.4, 0.5) is 20.2 Å². The fourth-order valence-corrected chi connectivity index (χ4v) is 3.60. The van der Waals surface area contributed by atoms with Gasteiger partial charge >= 0.3 is 0 Å². The van der Waals surface area contributed by atoms with E-state index in [0.29, 0.717) is 11.3 Å². The van der Waals surface area contributed by atoms with Crippen molar-refractivity contribution < 1.29 is 22.0 Å². The van der Waals surface area contributed by atoms with Crippen LogP contribution < -0.4 is 10.0 Å². The average Bonchev–Trinajstić information content (AvgIpc) is 2.67. The van der Waals surface area contributed by atoms with E-state index in [9.17, 15) is 22.0 Å². The van der Waals surface area contributed by atoms with Crippen LogP contribution in [-0.2, 0) is 10.0 Å². The molecule has 0 aromatic heterocycles. The molecule has 0 aliphatic rings. The molecule has 1 amide bonds. The number of benzene rings is 3. The molecule has 2 N–H and O–H groups in total. The lowest BCUT2D eigenvalue weighted by molar-refractivity contribution is 0.102. The SMILES string of the molecule is Cc1ccc(NC(=O)c2ccc(F)c(F)c2)cc1NS(=O)(=O)c1ccccc1. The monoisotopic (exact) mass is 402 g/mol. The number of hydrogen-bond acceptors (Lipinski definition) is 3. The van der Waals surface area contributed by atoms with Crippen molar-refractivity contribution in [2.75, 3.05) is 10.0 Å². The summed E-state index contributed by atoms with van der Waals surface area (Å²) >= 11 is 0. The number of nitrogens with one attached hydrogen (secondary N) is 2. The summed E-state index contributed by atoms with van der Waals surface area (Å²) in [5.41, 5.74) is 1.16. The number of carbonyl (C=O) groups excluding carboxylic acids is 1. The fraction of sp³-hybridized carbons (Fsp3) is 0.0500. The van der Waals surface area contributed by atoms with Gasteiger partial charge in [-0.25, -0.2) is 17.2 Å². The number of halogens is 2. The predicted molar refractivity (Wildman–Crippen MR) is 103 cm³/mol.